The van der Waals surface area contributed by atoms with Crippen molar-refractivity contribution in [3.8, 4) is 0 Å². The molecule has 0 bridgehead atoms. The molecule has 0 spiro atoms. The van der Waals surface area contributed by atoms with Crippen LogP contribution < -0.4 is 16.0 Å². The fourth-order valence-corrected chi connectivity index (χ4v) is 2.57. The van der Waals surface area contributed by atoms with Crippen LogP contribution in [0.3, 0.4) is 0 Å². The third-order valence-corrected chi connectivity index (χ3v) is 3.82. The number of benzene rings is 1. The largest absolute Gasteiger partial charge is 0.384 e. The van der Waals surface area contributed by atoms with Crippen LogP contribution in [0, 0.1) is 12.8 Å². The normalized spacial score (nSPS) is 18.6. The summed E-state index contributed by atoms with van der Waals surface area (Å²) in [5, 5.41) is 9.77. The van der Waals surface area contributed by atoms with Crippen LogP contribution in [0.2, 0.25) is 0 Å². The lowest BCUT2D eigenvalue weighted by molar-refractivity contribution is 0.0956. The first-order valence-corrected chi connectivity index (χ1v) is 7.54. The summed E-state index contributed by atoms with van der Waals surface area (Å²) in [6.45, 7) is 7.85. The molecule has 1 aromatic rings. The van der Waals surface area contributed by atoms with Gasteiger partial charge in [0.1, 0.15) is 0 Å². The average Bonchev–Trinajstić information content (AvgIpc) is 2.47. The number of amides is 1. The quantitative estimate of drug-likeness (QED) is 0.772. The van der Waals surface area contributed by atoms with Crippen molar-refractivity contribution in [1.82, 2.24) is 10.6 Å². The van der Waals surface area contributed by atoms with Gasteiger partial charge in [-0.15, -0.1) is 0 Å². The van der Waals surface area contributed by atoms with Crippen LogP contribution in [0.15, 0.2) is 18.2 Å². The van der Waals surface area contributed by atoms with Crippen LogP contribution in [0.1, 0.15) is 35.7 Å². The van der Waals surface area contributed by atoms with Crippen LogP contribution in [0.25, 0.3) is 0 Å². The van der Waals surface area contributed by atoms with Crippen LogP contribution >= 0.6 is 0 Å². The first-order valence-electron chi connectivity index (χ1n) is 7.54. The van der Waals surface area contributed by atoms with E-state index in [0.29, 0.717) is 12.5 Å². The number of anilines is 1. The van der Waals surface area contributed by atoms with Gasteiger partial charge in [-0.25, -0.2) is 0 Å². The zero-order valence-corrected chi connectivity index (χ0v) is 12.5. The monoisotopic (exact) mass is 275 g/mol. The fraction of sp³-hybridized carbons (Fsp3) is 0.562. The smallest absolute Gasteiger partial charge is 0.251 e. The van der Waals surface area contributed by atoms with Gasteiger partial charge in [0.2, 0.25) is 0 Å². The summed E-state index contributed by atoms with van der Waals surface area (Å²) < 4.78 is 0. The Balaban J connectivity index is 1.98. The van der Waals surface area contributed by atoms with Crippen molar-refractivity contribution >= 4 is 11.6 Å². The average molecular weight is 275 g/mol. The summed E-state index contributed by atoms with van der Waals surface area (Å²) >= 11 is 0. The molecule has 1 fully saturated rings. The van der Waals surface area contributed by atoms with E-state index < -0.39 is 0 Å². The highest BCUT2D eigenvalue weighted by atomic mass is 16.1. The second-order valence-corrected chi connectivity index (χ2v) is 5.48. The molecule has 3 N–H and O–H groups in total. The molecule has 1 aliphatic heterocycles. The predicted octanol–water partition coefficient (Wildman–Crippen LogP) is 2.16. The third kappa shape index (κ3) is 3.97. The number of aryl methyl sites for hydroxylation is 1. The molecule has 4 heteroatoms. The minimum absolute atomic E-state index is 0.00474. The first kappa shape index (κ1) is 14.9. The summed E-state index contributed by atoms with van der Waals surface area (Å²) in [6.07, 6.45) is 2.53. The van der Waals surface area contributed by atoms with Crippen molar-refractivity contribution in [2.75, 3.05) is 31.5 Å². The number of nitrogens with one attached hydrogen (secondary N) is 3. The number of rotatable bonds is 5. The molecule has 1 atom stereocenters. The maximum Gasteiger partial charge on any atom is 0.251 e. The highest BCUT2D eigenvalue weighted by molar-refractivity contribution is 5.95. The summed E-state index contributed by atoms with van der Waals surface area (Å²) in [7, 11) is 0. The zero-order chi connectivity index (χ0) is 14.4. The van der Waals surface area contributed by atoms with E-state index in [0.717, 1.165) is 30.9 Å². The number of carbonyl (C=O) groups excluding carboxylic acids is 1. The van der Waals surface area contributed by atoms with E-state index in [2.05, 4.69) is 22.9 Å². The van der Waals surface area contributed by atoms with Crippen molar-refractivity contribution < 1.29 is 4.79 Å². The van der Waals surface area contributed by atoms with Crippen LogP contribution in [-0.2, 0) is 0 Å². The molecular formula is C16H25N3O. The number of hydrogen-bond acceptors (Lipinski definition) is 3. The lowest BCUT2D eigenvalue weighted by Gasteiger charge is -2.24. The first-order chi connectivity index (χ1) is 9.70. The highest BCUT2D eigenvalue weighted by Gasteiger charge is 2.13. The number of hydrogen-bond donors (Lipinski definition) is 3. The van der Waals surface area contributed by atoms with Gasteiger partial charge in [0, 0.05) is 24.3 Å². The zero-order valence-electron chi connectivity index (χ0n) is 12.5. The summed E-state index contributed by atoms with van der Waals surface area (Å²) in [6, 6.07) is 5.84. The van der Waals surface area contributed by atoms with Crippen LogP contribution in [0.4, 0.5) is 5.69 Å². The van der Waals surface area contributed by atoms with E-state index in [1.54, 1.807) is 0 Å². The summed E-state index contributed by atoms with van der Waals surface area (Å²) in [5.74, 6) is 0.672. The van der Waals surface area contributed by atoms with Gasteiger partial charge in [-0.3, -0.25) is 4.79 Å². The van der Waals surface area contributed by atoms with E-state index >= 15 is 0 Å². The lowest BCUT2D eigenvalue weighted by Crippen LogP contribution is -2.33. The van der Waals surface area contributed by atoms with E-state index in [1.165, 1.54) is 18.4 Å². The maximum absolute atomic E-state index is 11.9. The fourth-order valence-electron chi connectivity index (χ4n) is 2.57. The lowest BCUT2D eigenvalue weighted by atomic mass is 9.99. The molecule has 0 aromatic heterocycles. The van der Waals surface area contributed by atoms with Crippen LogP contribution in [-0.4, -0.2) is 32.1 Å². The van der Waals surface area contributed by atoms with E-state index in [1.807, 2.05) is 25.1 Å². The number of piperidine rings is 1. The molecule has 20 heavy (non-hydrogen) atoms. The molecule has 0 aliphatic carbocycles. The van der Waals surface area contributed by atoms with Crippen molar-refractivity contribution in [3.05, 3.63) is 29.3 Å². The Bertz CT molecular complexity index is 453. The topological polar surface area (TPSA) is 53.2 Å². The molecule has 4 nitrogen and oxygen atoms in total. The molecule has 110 valence electrons. The third-order valence-electron chi connectivity index (χ3n) is 3.82. The molecule has 1 aromatic carbocycles. The molecule has 1 heterocycles. The van der Waals surface area contributed by atoms with E-state index in [4.69, 9.17) is 0 Å². The second-order valence-electron chi connectivity index (χ2n) is 5.48. The second kappa shape index (κ2) is 7.29. The molecule has 2 rings (SSSR count). The molecular weight excluding hydrogens is 250 g/mol. The summed E-state index contributed by atoms with van der Waals surface area (Å²) in [4.78, 5) is 11.9. The van der Waals surface area contributed by atoms with Crippen molar-refractivity contribution in [1.29, 1.82) is 0 Å². The van der Waals surface area contributed by atoms with E-state index in [-0.39, 0.29) is 5.91 Å². The van der Waals surface area contributed by atoms with Gasteiger partial charge >= 0.3 is 0 Å². The minimum Gasteiger partial charge on any atom is -0.384 e. The Hall–Kier alpha value is -1.55. The van der Waals surface area contributed by atoms with E-state index in [9.17, 15) is 4.79 Å². The SMILES string of the molecule is CCNC(=O)c1ccc(C)c(NCC2CCCNC2)c1. The number of carbonyl (C=O) groups is 1. The standard InChI is InChI=1S/C16H25N3O/c1-3-18-16(20)14-7-6-12(2)15(9-14)19-11-13-5-4-8-17-10-13/h6-7,9,13,17,19H,3-5,8,10-11H2,1-2H3,(H,18,20). The Morgan fingerprint density at radius 3 is 3.00 bits per heavy atom. The predicted molar refractivity (Wildman–Crippen MR) is 83.3 cm³/mol. The Kier molecular flexibility index (Phi) is 5.41. The molecule has 0 saturated carbocycles. The van der Waals surface area contributed by atoms with Gasteiger partial charge in [-0.05, 0) is 63.4 Å². The van der Waals surface area contributed by atoms with Gasteiger partial charge in [-0.1, -0.05) is 6.07 Å². The molecule has 1 amide bonds. The summed E-state index contributed by atoms with van der Waals surface area (Å²) in [5.41, 5.74) is 2.97. The van der Waals surface area contributed by atoms with Crippen molar-refractivity contribution in [3.63, 3.8) is 0 Å². The molecule has 1 unspecified atom stereocenters. The Morgan fingerprint density at radius 2 is 2.30 bits per heavy atom. The highest BCUT2D eigenvalue weighted by Crippen LogP contribution is 2.19. The Morgan fingerprint density at radius 1 is 1.45 bits per heavy atom. The van der Waals surface area contributed by atoms with Gasteiger partial charge in [-0.2, -0.15) is 0 Å². The van der Waals surface area contributed by atoms with Gasteiger partial charge in [0.05, 0.1) is 0 Å². The van der Waals surface area contributed by atoms with Gasteiger partial charge in [0.15, 0.2) is 0 Å². The minimum atomic E-state index is -0.00474. The molecule has 0 radical (unpaired) electrons. The van der Waals surface area contributed by atoms with Gasteiger partial charge in [0.25, 0.3) is 5.91 Å². The Labute approximate surface area is 121 Å². The molecule has 1 saturated heterocycles. The van der Waals surface area contributed by atoms with Crippen LogP contribution in [0.5, 0.6) is 0 Å². The van der Waals surface area contributed by atoms with Crippen molar-refractivity contribution in [2.45, 2.75) is 26.7 Å². The maximum atomic E-state index is 11.9. The molecule has 1 aliphatic rings. The van der Waals surface area contributed by atoms with Gasteiger partial charge < -0.3 is 16.0 Å². The van der Waals surface area contributed by atoms with Crippen molar-refractivity contribution in [2.24, 2.45) is 5.92 Å².